The van der Waals surface area contributed by atoms with Gasteiger partial charge in [0, 0.05) is 45.8 Å². The number of hydrogen-bond donors (Lipinski definition) is 1. The van der Waals surface area contributed by atoms with E-state index >= 15 is 0 Å². The quantitative estimate of drug-likeness (QED) is 0.641. The maximum Gasteiger partial charge on any atom is 0.410 e. The lowest BCUT2D eigenvalue weighted by molar-refractivity contribution is -0.123. The smallest absolute Gasteiger partial charge is 0.410 e. The summed E-state index contributed by atoms with van der Waals surface area (Å²) in [7, 11) is 0. The first-order valence-electron chi connectivity index (χ1n) is 13.0. The summed E-state index contributed by atoms with van der Waals surface area (Å²) in [5.74, 6) is -0.186. The summed E-state index contributed by atoms with van der Waals surface area (Å²) < 4.78 is 5.51. The van der Waals surface area contributed by atoms with Crippen molar-refractivity contribution in [2.45, 2.75) is 38.2 Å². The monoisotopic (exact) mass is 492 g/mol. The second kappa shape index (κ2) is 11.0. The van der Waals surface area contributed by atoms with Gasteiger partial charge in [-0.05, 0) is 50.8 Å². The molecule has 7 heteroatoms. The number of hydrogen-bond acceptors (Lipinski definition) is 5. The number of likely N-dealkylation sites (tertiary alicyclic amines) is 1. The van der Waals surface area contributed by atoms with Gasteiger partial charge in [-0.15, -0.1) is 0 Å². The largest absolute Gasteiger partial charge is 0.444 e. The van der Waals surface area contributed by atoms with Crippen LogP contribution in [0.5, 0.6) is 0 Å². The van der Waals surface area contributed by atoms with Crippen molar-refractivity contribution in [3.05, 3.63) is 71.8 Å². The Balaban J connectivity index is 1.39. The summed E-state index contributed by atoms with van der Waals surface area (Å²) >= 11 is 0. The van der Waals surface area contributed by atoms with Gasteiger partial charge in [-0.2, -0.15) is 0 Å². The van der Waals surface area contributed by atoms with Crippen molar-refractivity contribution in [1.29, 1.82) is 0 Å². The molecule has 1 atom stereocenters. The van der Waals surface area contributed by atoms with Crippen molar-refractivity contribution in [2.24, 2.45) is 11.7 Å². The topological polar surface area (TPSA) is 79.1 Å². The molecule has 0 radical (unpaired) electrons. The lowest BCUT2D eigenvalue weighted by atomic mass is 9.64. The van der Waals surface area contributed by atoms with Crippen molar-refractivity contribution in [3.63, 3.8) is 0 Å². The van der Waals surface area contributed by atoms with E-state index in [0.29, 0.717) is 13.1 Å². The van der Waals surface area contributed by atoms with E-state index in [1.54, 1.807) is 4.90 Å². The Kier molecular flexibility index (Phi) is 8.00. The van der Waals surface area contributed by atoms with Gasteiger partial charge >= 0.3 is 6.09 Å². The summed E-state index contributed by atoms with van der Waals surface area (Å²) in [5.41, 5.74) is 6.83. The number of carbonyl (C=O) groups excluding carboxylic acids is 2. The molecule has 194 valence electrons. The Morgan fingerprint density at radius 1 is 0.833 bits per heavy atom. The molecule has 7 nitrogen and oxygen atoms in total. The molecule has 0 aliphatic carbocycles. The number of piperazine rings is 1. The third-order valence-corrected chi connectivity index (χ3v) is 7.49. The summed E-state index contributed by atoms with van der Waals surface area (Å²) in [6, 6.07) is 20.0. The van der Waals surface area contributed by atoms with Gasteiger partial charge in [0.15, 0.2) is 0 Å². The van der Waals surface area contributed by atoms with Gasteiger partial charge in [-0.3, -0.25) is 9.69 Å². The average Bonchev–Trinajstić information content (AvgIpc) is 3.33. The van der Waals surface area contributed by atoms with Crippen LogP contribution in [0.4, 0.5) is 4.79 Å². The maximum absolute atomic E-state index is 13.2. The molecule has 2 aliphatic heterocycles. The van der Waals surface area contributed by atoms with Crippen LogP contribution in [0.1, 0.15) is 38.3 Å². The fraction of sp³-hybridized carbons (Fsp3) is 0.517. The average molecular weight is 493 g/mol. The molecule has 2 fully saturated rings. The van der Waals surface area contributed by atoms with Crippen molar-refractivity contribution in [3.8, 4) is 0 Å². The molecule has 4 rings (SSSR count). The first kappa shape index (κ1) is 26.2. The normalized spacial score (nSPS) is 19.9. The van der Waals surface area contributed by atoms with E-state index in [0.717, 1.165) is 56.8 Å². The fourth-order valence-electron chi connectivity index (χ4n) is 5.68. The molecule has 2 heterocycles. The van der Waals surface area contributed by atoms with Crippen molar-refractivity contribution >= 4 is 12.0 Å². The Hall–Kier alpha value is -2.90. The Labute approximate surface area is 215 Å². The van der Waals surface area contributed by atoms with Gasteiger partial charge in [0.1, 0.15) is 11.0 Å². The second-order valence-electron chi connectivity index (χ2n) is 11.0. The number of carbonyl (C=O) groups is 2. The zero-order valence-corrected chi connectivity index (χ0v) is 21.9. The number of rotatable bonds is 7. The van der Waals surface area contributed by atoms with Crippen LogP contribution in [0.3, 0.4) is 0 Å². The highest BCUT2D eigenvalue weighted by molar-refractivity contribution is 5.91. The molecule has 0 bridgehead atoms. The number of nitrogens with two attached hydrogens (primary N) is 1. The van der Waals surface area contributed by atoms with Gasteiger partial charge in [0.2, 0.25) is 5.91 Å². The highest BCUT2D eigenvalue weighted by Crippen LogP contribution is 2.43. The van der Waals surface area contributed by atoms with Gasteiger partial charge < -0.3 is 20.3 Å². The van der Waals surface area contributed by atoms with Gasteiger partial charge in [0.25, 0.3) is 0 Å². The minimum absolute atomic E-state index is 0.101. The van der Waals surface area contributed by atoms with E-state index < -0.39 is 11.0 Å². The molecule has 0 saturated carbocycles. The number of nitrogens with zero attached hydrogens (tertiary/aromatic N) is 3. The molecule has 2 aromatic carbocycles. The molecular weight excluding hydrogens is 452 g/mol. The van der Waals surface area contributed by atoms with Gasteiger partial charge in [0.05, 0.1) is 0 Å². The zero-order valence-electron chi connectivity index (χ0n) is 21.9. The maximum atomic E-state index is 13.2. The number of ether oxygens (including phenoxy) is 1. The van der Waals surface area contributed by atoms with Crippen molar-refractivity contribution in [1.82, 2.24) is 14.7 Å². The zero-order chi connectivity index (χ0) is 25.8. The predicted molar refractivity (Wildman–Crippen MR) is 142 cm³/mol. The summed E-state index contributed by atoms with van der Waals surface area (Å²) in [6.07, 6.45) is 0.688. The molecule has 2 aromatic rings. The molecule has 0 spiro atoms. The van der Waals surface area contributed by atoms with Crippen LogP contribution in [0, 0.1) is 5.92 Å². The van der Waals surface area contributed by atoms with Crippen LogP contribution in [0.25, 0.3) is 0 Å². The van der Waals surface area contributed by atoms with Crippen LogP contribution in [-0.2, 0) is 14.9 Å². The highest BCUT2D eigenvalue weighted by Gasteiger charge is 2.49. The first-order chi connectivity index (χ1) is 17.2. The number of benzene rings is 2. The Bertz CT molecular complexity index is 974. The summed E-state index contributed by atoms with van der Waals surface area (Å²) in [4.78, 5) is 32.3. The van der Waals surface area contributed by atoms with E-state index in [1.807, 2.05) is 81.4 Å². The van der Waals surface area contributed by atoms with Crippen molar-refractivity contribution < 1.29 is 14.3 Å². The molecule has 2 saturated heterocycles. The van der Waals surface area contributed by atoms with Crippen molar-refractivity contribution in [2.75, 3.05) is 52.4 Å². The highest BCUT2D eigenvalue weighted by atomic mass is 16.6. The van der Waals surface area contributed by atoms with Crippen LogP contribution in [-0.4, -0.2) is 84.7 Å². The summed E-state index contributed by atoms with van der Waals surface area (Å²) in [5, 5.41) is 0. The molecular formula is C29H40N4O3. The summed E-state index contributed by atoms with van der Waals surface area (Å²) in [6.45, 7) is 12.4. The second-order valence-corrected chi connectivity index (χ2v) is 11.0. The SMILES string of the molecule is CC(C)(C)OC(=O)N1CCN(CCN2CCC(C(C(N)=O)(c3ccccc3)c3ccccc3)C2)CC1. The van der Waals surface area contributed by atoms with Crippen LogP contribution in [0.2, 0.25) is 0 Å². The van der Waals surface area contributed by atoms with E-state index in [-0.39, 0.29) is 17.9 Å². The van der Waals surface area contributed by atoms with E-state index in [9.17, 15) is 9.59 Å². The van der Waals surface area contributed by atoms with Crippen LogP contribution < -0.4 is 5.73 Å². The third kappa shape index (κ3) is 5.73. The lowest BCUT2D eigenvalue weighted by Gasteiger charge is -2.38. The minimum atomic E-state index is -0.851. The molecule has 2 aliphatic rings. The Morgan fingerprint density at radius 3 is 1.86 bits per heavy atom. The molecule has 0 aromatic heterocycles. The standard InChI is InChI=1S/C29H40N4O3/c1-28(2,3)36-27(35)33-20-18-31(19-21-33)16-17-32-15-14-25(22-32)29(26(30)34,23-10-6-4-7-11-23)24-12-8-5-9-13-24/h4-13,25H,14-22H2,1-3H3,(H2,30,34). The van der Waals surface area contributed by atoms with Crippen LogP contribution in [0.15, 0.2) is 60.7 Å². The number of amides is 2. The third-order valence-electron chi connectivity index (χ3n) is 7.49. The minimum Gasteiger partial charge on any atom is -0.444 e. The first-order valence-corrected chi connectivity index (χ1v) is 13.0. The molecule has 36 heavy (non-hydrogen) atoms. The lowest BCUT2D eigenvalue weighted by Crippen LogP contribution is -2.51. The van der Waals surface area contributed by atoms with Gasteiger partial charge in [-0.25, -0.2) is 4.79 Å². The molecule has 1 unspecified atom stereocenters. The van der Waals surface area contributed by atoms with E-state index in [1.165, 1.54) is 0 Å². The predicted octanol–water partition coefficient (Wildman–Crippen LogP) is 3.33. The van der Waals surface area contributed by atoms with Gasteiger partial charge in [-0.1, -0.05) is 60.7 Å². The van der Waals surface area contributed by atoms with E-state index in [4.69, 9.17) is 10.5 Å². The fourth-order valence-corrected chi connectivity index (χ4v) is 5.68. The molecule has 2 N–H and O–H groups in total. The van der Waals surface area contributed by atoms with E-state index in [2.05, 4.69) is 9.80 Å². The Morgan fingerprint density at radius 2 is 1.36 bits per heavy atom. The van der Waals surface area contributed by atoms with Crippen LogP contribution >= 0.6 is 0 Å². The number of primary amides is 1. The molecule has 2 amide bonds.